The number of benzene rings is 1. The van der Waals surface area contributed by atoms with Crippen LogP contribution in [-0.2, 0) is 0 Å². The summed E-state index contributed by atoms with van der Waals surface area (Å²) < 4.78 is 6.57. The summed E-state index contributed by atoms with van der Waals surface area (Å²) in [5.74, 6) is 0.793. The van der Waals surface area contributed by atoms with E-state index in [-0.39, 0.29) is 0 Å². The van der Waals surface area contributed by atoms with Crippen LogP contribution in [0.5, 0.6) is 10.9 Å². The smallest absolute Gasteiger partial charge is 0.279 e. The molecule has 0 aliphatic carbocycles. The highest BCUT2D eigenvalue weighted by atomic mass is 79.9. The van der Waals surface area contributed by atoms with Gasteiger partial charge in [0, 0.05) is 11.7 Å². The number of rotatable bonds is 4. The van der Waals surface area contributed by atoms with Crippen molar-refractivity contribution in [3.05, 3.63) is 34.2 Å². The van der Waals surface area contributed by atoms with Gasteiger partial charge >= 0.3 is 0 Å². The van der Waals surface area contributed by atoms with Gasteiger partial charge in [0.1, 0.15) is 5.75 Å². The summed E-state index contributed by atoms with van der Waals surface area (Å²) in [5.41, 5.74) is 1.09. The van der Waals surface area contributed by atoms with Gasteiger partial charge in [-0.25, -0.2) is 4.98 Å². The second-order valence-electron chi connectivity index (χ2n) is 3.86. The SMILES string of the molecule is CC(C)Nc1ccc(Oc2ncc(Br)s2)cc1. The minimum absolute atomic E-state index is 0.427. The van der Waals surface area contributed by atoms with Crippen LogP contribution >= 0.6 is 27.3 Å². The van der Waals surface area contributed by atoms with Gasteiger partial charge in [-0.15, -0.1) is 0 Å². The van der Waals surface area contributed by atoms with Gasteiger partial charge in [0.2, 0.25) is 0 Å². The van der Waals surface area contributed by atoms with Crippen LogP contribution < -0.4 is 10.1 Å². The molecule has 0 aliphatic heterocycles. The Kier molecular flexibility index (Phi) is 4.02. The van der Waals surface area contributed by atoms with Crippen molar-refractivity contribution in [3.8, 4) is 10.9 Å². The molecule has 5 heteroatoms. The molecule has 2 rings (SSSR count). The summed E-state index contributed by atoms with van der Waals surface area (Å²) in [5, 5.41) is 3.96. The zero-order valence-corrected chi connectivity index (χ0v) is 12.0. The number of halogens is 1. The lowest BCUT2D eigenvalue weighted by molar-refractivity contribution is 0.479. The number of hydrogen-bond acceptors (Lipinski definition) is 4. The fourth-order valence-corrected chi connectivity index (χ4v) is 2.37. The summed E-state index contributed by atoms with van der Waals surface area (Å²) in [6, 6.07) is 8.28. The van der Waals surface area contributed by atoms with E-state index in [0.717, 1.165) is 15.2 Å². The molecule has 0 saturated heterocycles. The Hall–Kier alpha value is -1.07. The Bertz CT molecular complexity index is 482. The Labute approximate surface area is 113 Å². The molecule has 0 fully saturated rings. The van der Waals surface area contributed by atoms with Crippen molar-refractivity contribution < 1.29 is 4.74 Å². The molecule has 17 heavy (non-hydrogen) atoms. The number of ether oxygens (including phenoxy) is 1. The zero-order valence-electron chi connectivity index (χ0n) is 9.61. The topological polar surface area (TPSA) is 34.1 Å². The maximum absolute atomic E-state index is 5.61. The van der Waals surface area contributed by atoms with Crippen LogP contribution in [0.2, 0.25) is 0 Å². The van der Waals surface area contributed by atoms with Crippen LogP contribution in [0.3, 0.4) is 0 Å². The molecule has 1 aromatic carbocycles. The predicted octanol–water partition coefficient (Wildman–Crippen LogP) is 4.52. The quantitative estimate of drug-likeness (QED) is 0.901. The lowest BCUT2D eigenvalue weighted by Gasteiger charge is -2.10. The molecule has 0 bridgehead atoms. The third-order valence-electron chi connectivity index (χ3n) is 1.97. The fourth-order valence-electron chi connectivity index (χ4n) is 1.34. The van der Waals surface area contributed by atoms with E-state index in [9.17, 15) is 0 Å². The molecule has 90 valence electrons. The first-order chi connectivity index (χ1) is 8.13. The number of nitrogens with zero attached hydrogens (tertiary/aromatic N) is 1. The monoisotopic (exact) mass is 312 g/mol. The van der Waals surface area contributed by atoms with Gasteiger partial charge in [0.05, 0.1) is 9.98 Å². The molecule has 0 atom stereocenters. The Morgan fingerprint density at radius 3 is 2.53 bits per heavy atom. The highest BCUT2D eigenvalue weighted by Gasteiger charge is 2.02. The van der Waals surface area contributed by atoms with E-state index in [1.165, 1.54) is 11.3 Å². The lowest BCUT2D eigenvalue weighted by Crippen LogP contribution is -2.09. The molecular weight excluding hydrogens is 300 g/mol. The summed E-state index contributed by atoms with van der Waals surface area (Å²) >= 11 is 4.82. The fraction of sp³-hybridized carbons (Fsp3) is 0.250. The van der Waals surface area contributed by atoms with Crippen molar-refractivity contribution in [2.75, 3.05) is 5.32 Å². The van der Waals surface area contributed by atoms with Gasteiger partial charge < -0.3 is 10.1 Å². The first-order valence-electron chi connectivity index (χ1n) is 5.29. The van der Waals surface area contributed by atoms with Gasteiger partial charge in [0.25, 0.3) is 5.19 Å². The van der Waals surface area contributed by atoms with Gasteiger partial charge in [-0.3, -0.25) is 0 Å². The van der Waals surface area contributed by atoms with E-state index in [0.29, 0.717) is 11.2 Å². The van der Waals surface area contributed by atoms with Gasteiger partial charge in [-0.05, 0) is 54.0 Å². The molecular formula is C12H13BrN2OS. The molecule has 0 spiro atoms. The van der Waals surface area contributed by atoms with Crippen LogP contribution in [-0.4, -0.2) is 11.0 Å². The highest BCUT2D eigenvalue weighted by molar-refractivity contribution is 9.11. The molecule has 1 heterocycles. The number of thiazole rings is 1. The van der Waals surface area contributed by atoms with E-state index in [1.807, 2.05) is 24.3 Å². The molecule has 0 aliphatic rings. The molecule has 0 radical (unpaired) electrons. The third-order valence-corrected chi connectivity index (χ3v) is 3.33. The van der Waals surface area contributed by atoms with Crippen LogP contribution in [0.15, 0.2) is 34.2 Å². The largest absolute Gasteiger partial charge is 0.431 e. The van der Waals surface area contributed by atoms with Crippen LogP contribution in [0.25, 0.3) is 0 Å². The number of nitrogens with one attached hydrogen (secondary N) is 1. The van der Waals surface area contributed by atoms with E-state index in [2.05, 4.69) is 40.1 Å². The maximum atomic E-state index is 5.61. The maximum Gasteiger partial charge on any atom is 0.279 e. The Morgan fingerprint density at radius 2 is 2.00 bits per heavy atom. The first kappa shape index (κ1) is 12.4. The molecule has 1 N–H and O–H groups in total. The minimum Gasteiger partial charge on any atom is -0.431 e. The van der Waals surface area contributed by atoms with Crippen LogP contribution in [0.1, 0.15) is 13.8 Å². The summed E-state index contributed by atoms with van der Waals surface area (Å²) in [6.07, 6.45) is 1.73. The van der Waals surface area contributed by atoms with Crippen molar-refractivity contribution in [1.29, 1.82) is 0 Å². The normalized spacial score (nSPS) is 10.6. The van der Waals surface area contributed by atoms with Crippen molar-refractivity contribution in [2.24, 2.45) is 0 Å². The zero-order chi connectivity index (χ0) is 12.3. The molecule has 3 nitrogen and oxygen atoms in total. The van der Waals surface area contributed by atoms with Crippen molar-refractivity contribution in [3.63, 3.8) is 0 Å². The molecule has 1 aromatic heterocycles. The summed E-state index contributed by atoms with van der Waals surface area (Å²) in [4.78, 5) is 4.12. The molecule has 2 aromatic rings. The van der Waals surface area contributed by atoms with Crippen molar-refractivity contribution >= 4 is 33.0 Å². The van der Waals surface area contributed by atoms with E-state index < -0.39 is 0 Å². The second kappa shape index (κ2) is 5.51. The average Bonchev–Trinajstić information content (AvgIpc) is 2.66. The standard InChI is InChI=1S/C12H13BrN2OS/c1-8(2)15-9-3-5-10(6-4-9)16-12-14-7-11(13)17-12/h3-8,15H,1-2H3. The molecule has 0 saturated carbocycles. The highest BCUT2D eigenvalue weighted by Crippen LogP contribution is 2.29. The predicted molar refractivity (Wildman–Crippen MR) is 75.1 cm³/mol. The first-order valence-corrected chi connectivity index (χ1v) is 6.90. The minimum atomic E-state index is 0.427. The van der Waals surface area contributed by atoms with Gasteiger partial charge in [0.15, 0.2) is 0 Å². The number of anilines is 1. The molecule has 0 amide bonds. The average molecular weight is 313 g/mol. The van der Waals surface area contributed by atoms with Crippen LogP contribution in [0.4, 0.5) is 5.69 Å². The lowest BCUT2D eigenvalue weighted by atomic mass is 10.3. The van der Waals surface area contributed by atoms with Gasteiger partial charge in [-0.2, -0.15) is 0 Å². The second-order valence-corrected chi connectivity index (χ2v) is 6.23. The third kappa shape index (κ3) is 3.71. The Balaban J connectivity index is 2.03. The Morgan fingerprint density at radius 1 is 1.29 bits per heavy atom. The van der Waals surface area contributed by atoms with Crippen LogP contribution in [0, 0.1) is 0 Å². The van der Waals surface area contributed by atoms with E-state index in [4.69, 9.17) is 4.74 Å². The van der Waals surface area contributed by atoms with Gasteiger partial charge in [-0.1, -0.05) is 11.3 Å². The summed E-state index contributed by atoms with van der Waals surface area (Å²) in [7, 11) is 0. The van der Waals surface area contributed by atoms with Crippen molar-refractivity contribution in [1.82, 2.24) is 4.98 Å². The van der Waals surface area contributed by atoms with Crippen molar-refractivity contribution in [2.45, 2.75) is 19.9 Å². The molecule has 0 unspecified atom stereocenters. The van der Waals surface area contributed by atoms with E-state index in [1.54, 1.807) is 6.20 Å². The van der Waals surface area contributed by atoms with E-state index >= 15 is 0 Å². The summed E-state index contributed by atoms with van der Waals surface area (Å²) in [6.45, 7) is 4.22. The number of hydrogen-bond donors (Lipinski definition) is 1. The number of aromatic nitrogens is 1.